The van der Waals surface area contributed by atoms with Crippen LogP contribution in [0, 0.1) is 0 Å². The fourth-order valence-electron chi connectivity index (χ4n) is 0.715. The van der Waals surface area contributed by atoms with E-state index in [1.165, 1.54) is 0 Å². The summed E-state index contributed by atoms with van der Waals surface area (Å²) in [6.07, 6.45) is 2.40. The van der Waals surface area contributed by atoms with Crippen molar-refractivity contribution in [2.24, 2.45) is 5.73 Å². The number of nitrogens with two attached hydrogens (primary N) is 1. The highest BCUT2D eigenvalue weighted by molar-refractivity contribution is 4.85. The summed E-state index contributed by atoms with van der Waals surface area (Å²) in [5.74, 6) is 0. The lowest BCUT2D eigenvalue weighted by Crippen LogP contribution is -2.17. The smallest absolute Gasteiger partial charge is 0.0842 e. The Hall–Kier alpha value is -0.600. The van der Waals surface area contributed by atoms with Gasteiger partial charge in [0.15, 0.2) is 0 Å². The molecule has 0 fully saturated rings. The number of ether oxygens (including phenoxy) is 1. The summed E-state index contributed by atoms with van der Waals surface area (Å²) in [5, 5.41) is 8.45. The Bertz CT molecular complexity index is 130. The fraction of sp³-hybridized carbons (Fsp3) is 0.625. The van der Waals surface area contributed by atoms with E-state index in [0.29, 0.717) is 13.2 Å². The summed E-state index contributed by atoms with van der Waals surface area (Å²) in [4.78, 5) is 0. The number of rotatable bonds is 6. The molecule has 0 aliphatic rings. The van der Waals surface area contributed by atoms with Crippen molar-refractivity contribution in [3.8, 4) is 0 Å². The molecular formula is C8H15NO2. The van der Waals surface area contributed by atoms with Crippen molar-refractivity contribution in [2.75, 3.05) is 19.8 Å². The topological polar surface area (TPSA) is 55.5 Å². The molecule has 3 nitrogen and oxygen atoms in total. The molecule has 1 atom stereocenters. The Morgan fingerprint density at radius 1 is 1.73 bits per heavy atom. The van der Waals surface area contributed by atoms with Crippen molar-refractivity contribution >= 4 is 0 Å². The molecule has 0 spiro atoms. The average molecular weight is 157 g/mol. The molecule has 3 heteroatoms. The zero-order valence-electron chi connectivity index (χ0n) is 6.62. The van der Waals surface area contributed by atoms with Gasteiger partial charge in [-0.15, -0.1) is 5.73 Å². The molecule has 0 amide bonds. The lowest BCUT2D eigenvalue weighted by molar-refractivity contribution is 0.0517. The molecule has 0 aliphatic heterocycles. The Morgan fingerprint density at radius 2 is 2.45 bits per heavy atom. The van der Waals surface area contributed by atoms with Gasteiger partial charge in [-0.25, -0.2) is 0 Å². The minimum atomic E-state index is -0.0513. The van der Waals surface area contributed by atoms with Crippen LogP contribution < -0.4 is 5.73 Å². The molecule has 11 heavy (non-hydrogen) atoms. The summed E-state index contributed by atoms with van der Waals surface area (Å²) in [6, 6.07) is 0. The molecule has 0 aromatic carbocycles. The second kappa shape index (κ2) is 7.51. The van der Waals surface area contributed by atoms with Gasteiger partial charge in [0, 0.05) is 0 Å². The number of hydrogen-bond acceptors (Lipinski definition) is 3. The average Bonchev–Trinajstić information content (AvgIpc) is 2.01. The molecule has 0 bridgehead atoms. The lowest BCUT2D eigenvalue weighted by atomic mass is 10.2. The van der Waals surface area contributed by atoms with Crippen molar-refractivity contribution in [1.82, 2.24) is 0 Å². The van der Waals surface area contributed by atoms with Gasteiger partial charge in [0.05, 0.1) is 19.3 Å². The van der Waals surface area contributed by atoms with Gasteiger partial charge < -0.3 is 15.6 Å². The first kappa shape index (κ1) is 10.4. The van der Waals surface area contributed by atoms with Crippen LogP contribution in [0.15, 0.2) is 18.4 Å². The predicted molar refractivity (Wildman–Crippen MR) is 44.2 cm³/mol. The molecule has 0 aliphatic carbocycles. The highest BCUT2D eigenvalue weighted by Crippen LogP contribution is 1.97. The van der Waals surface area contributed by atoms with Gasteiger partial charge in [0.2, 0.25) is 0 Å². The molecule has 64 valence electrons. The minimum Gasteiger partial charge on any atom is -0.394 e. The van der Waals surface area contributed by atoms with Gasteiger partial charge >= 0.3 is 0 Å². The van der Waals surface area contributed by atoms with Gasteiger partial charge in [0.1, 0.15) is 0 Å². The van der Waals surface area contributed by atoms with Crippen LogP contribution in [0.3, 0.4) is 0 Å². The third kappa shape index (κ3) is 5.83. The van der Waals surface area contributed by atoms with Crippen molar-refractivity contribution in [3.05, 3.63) is 18.4 Å². The van der Waals surface area contributed by atoms with E-state index in [-0.39, 0.29) is 12.7 Å². The summed E-state index contributed by atoms with van der Waals surface area (Å²) < 4.78 is 5.18. The van der Waals surface area contributed by atoms with Gasteiger partial charge in [0.25, 0.3) is 0 Å². The second-order valence-corrected chi connectivity index (χ2v) is 2.08. The van der Waals surface area contributed by atoms with E-state index >= 15 is 0 Å². The molecule has 0 saturated heterocycles. The van der Waals surface area contributed by atoms with Crippen LogP contribution in [-0.4, -0.2) is 31.0 Å². The maximum Gasteiger partial charge on any atom is 0.0842 e. The first-order valence-electron chi connectivity index (χ1n) is 3.63. The molecule has 0 radical (unpaired) electrons. The van der Waals surface area contributed by atoms with E-state index in [4.69, 9.17) is 15.6 Å². The van der Waals surface area contributed by atoms with E-state index in [9.17, 15) is 0 Å². The van der Waals surface area contributed by atoms with Gasteiger partial charge in [-0.05, 0) is 19.0 Å². The minimum absolute atomic E-state index is 0.0338. The molecule has 1 unspecified atom stereocenters. The quantitative estimate of drug-likeness (QED) is 0.536. The van der Waals surface area contributed by atoms with Crippen molar-refractivity contribution < 1.29 is 9.84 Å². The highest BCUT2D eigenvalue weighted by atomic mass is 16.5. The molecule has 3 N–H and O–H groups in total. The Kier molecular flexibility index (Phi) is 7.10. The summed E-state index contributed by atoms with van der Waals surface area (Å²) in [6.45, 7) is 4.36. The van der Waals surface area contributed by atoms with Crippen LogP contribution in [-0.2, 0) is 4.74 Å². The normalized spacial score (nSPS) is 12.2. The number of aliphatic hydroxyl groups is 1. The van der Waals surface area contributed by atoms with Crippen LogP contribution in [0.4, 0.5) is 0 Å². The molecule has 0 heterocycles. The number of aliphatic hydroxyl groups excluding tert-OH is 1. The lowest BCUT2D eigenvalue weighted by Gasteiger charge is -2.10. The first-order valence-corrected chi connectivity index (χ1v) is 3.63. The van der Waals surface area contributed by atoms with Crippen molar-refractivity contribution in [1.29, 1.82) is 0 Å². The van der Waals surface area contributed by atoms with Crippen LogP contribution in [0.1, 0.15) is 6.42 Å². The van der Waals surface area contributed by atoms with Gasteiger partial charge in [-0.2, -0.15) is 0 Å². The van der Waals surface area contributed by atoms with Crippen molar-refractivity contribution in [3.63, 3.8) is 0 Å². The first-order chi connectivity index (χ1) is 5.35. The SMILES string of the molecule is C=C=CC(CCN)OCCO. The Morgan fingerprint density at radius 3 is 2.91 bits per heavy atom. The van der Waals surface area contributed by atoms with Crippen LogP contribution in [0.2, 0.25) is 0 Å². The zero-order chi connectivity index (χ0) is 8.53. The molecule has 0 aromatic heterocycles. The van der Waals surface area contributed by atoms with Gasteiger partial charge in [-0.3, -0.25) is 0 Å². The zero-order valence-corrected chi connectivity index (χ0v) is 6.62. The van der Waals surface area contributed by atoms with Crippen LogP contribution >= 0.6 is 0 Å². The van der Waals surface area contributed by atoms with Crippen molar-refractivity contribution in [2.45, 2.75) is 12.5 Å². The van der Waals surface area contributed by atoms with E-state index in [1.54, 1.807) is 6.08 Å². The highest BCUT2D eigenvalue weighted by Gasteiger charge is 2.01. The summed E-state index contributed by atoms with van der Waals surface area (Å²) in [5.41, 5.74) is 7.95. The van der Waals surface area contributed by atoms with E-state index in [0.717, 1.165) is 6.42 Å². The largest absolute Gasteiger partial charge is 0.394 e. The third-order valence-corrected chi connectivity index (χ3v) is 1.18. The summed E-state index contributed by atoms with van der Waals surface area (Å²) >= 11 is 0. The second-order valence-electron chi connectivity index (χ2n) is 2.08. The Balaban J connectivity index is 3.59. The molecule has 0 rings (SSSR count). The monoisotopic (exact) mass is 157 g/mol. The van der Waals surface area contributed by atoms with E-state index in [1.807, 2.05) is 0 Å². The fourth-order valence-corrected chi connectivity index (χ4v) is 0.715. The van der Waals surface area contributed by atoms with Crippen LogP contribution in [0.5, 0.6) is 0 Å². The van der Waals surface area contributed by atoms with E-state index in [2.05, 4.69) is 12.3 Å². The number of hydrogen-bond donors (Lipinski definition) is 2. The van der Waals surface area contributed by atoms with E-state index < -0.39 is 0 Å². The van der Waals surface area contributed by atoms with Crippen LogP contribution in [0.25, 0.3) is 0 Å². The molecule has 0 aromatic rings. The predicted octanol–water partition coefficient (Wildman–Crippen LogP) is 0.0538. The summed E-state index contributed by atoms with van der Waals surface area (Å²) in [7, 11) is 0. The standard InChI is InChI=1S/C8H15NO2/c1-2-3-8(4-5-9)11-7-6-10/h3,8,10H,1,4-7,9H2. The maximum absolute atomic E-state index is 8.45. The Labute approximate surface area is 67.2 Å². The maximum atomic E-state index is 8.45. The third-order valence-electron chi connectivity index (χ3n) is 1.18. The van der Waals surface area contributed by atoms with Gasteiger partial charge in [-0.1, -0.05) is 6.58 Å². The molecular weight excluding hydrogens is 142 g/mol. The molecule has 0 saturated carbocycles.